The number of carbonyl (C=O) groups excluding carboxylic acids is 2. The highest BCUT2D eigenvalue weighted by atomic mass is 16.6. The van der Waals surface area contributed by atoms with Crippen LogP contribution in [0.5, 0.6) is 17.2 Å². The van der Waals surface area contributed by atoms with Crippen molar-refractivity contribution in [2.24, 2.45) is 0 Å². The number of aliphatic hydroxyl groups excluding tert-OH is 1. The lowest BCUT2D eigenvalue weighted by Crippen LogP contribution is -2.12. The van der Waals surface area contributed by atoms with Crippen molar-refractivity contribution in [1.29, 1.82) is 0 Å². The van der Waals surface area contributed by atoms with Crippen molar-refractivity contribution in [1.82, 2.24) is 15.0 Å². The second-order valence-corrected chi connectivity index (χ2v) is 10.4. The molecule has 4 N–H and O–H groups in total. The number of carbonyl (C=O) groups is 2. The molecule has 14 nitrogen and oxygen atoms in total. The summed E-state index contributed by atoms with van der Waals surface area (Å²) in [6.45, 7) is 11.0. The molecule has 0 aliphatic rings. The Morgan fingerprint density at radius 1 is 0.551 bits per heavy atom. The number of nitrogens with zero attached hydrogens (tertiary/aromatic N) is 3. The number of esters is 2. The quantitative estimate of drug-likeness (QED) is 0.0561. The van der Waals surface area contributed by atoms with Crippen molar-refractivity contribution in [2.45, 2.75) is 13.8 Å². The van der Waals surface area contributed by atoms with Crippen molar-refractivity contribution in [2.75, 3.05) is 55.6 Å². The van der Waals surface area contributed by atoms with Crippen LogP contribution in [-0.2, 0) is 19.1 Å². The molecule has 256 valence electrons. The number of rotatable bonds is 19. The molecular weight excluding hydrogens is 632 g/mol. The molecule has 1 aromatic heterocycles. The Bertz CT molecular complexity index is 1620. The molecule has 49 heavy (non-hydrogen) atoms. The van der Waals surface area contributed by atoms with Gasteiger partial charge in [-0.2, -0.15) is 15.0 Å². The molecule has 0 aliphatic carbocycles. The van der Waals surface area contributed by atoms with Crippen molar-refractivity contribution in [3.05, 3.63) is 97.1 Å². The van der Waals surface area contributed by atoms with E-state index in [1.54, 1.807) is 86.6 Å². The minimum Gasteiger partial charge on any atom is -0.491 e. The molecular formula is C35H38N6O8. The molecule has 4 aromatic rings. The standard InChI is InChI=1S/C35H38N6O8/c1-23(2)31(43)48-21-19-46-29-13-7-26(8-14-29)37-34-39-33(36-25-5-11-28(12-6-25)45-18-17-42)40-35(41-34)38-27-9-15-30(16-10-27)47-20-22-49-32(44)24(3)4/h5-16,42H,1,3,17-22H2,2,4H3,(H3,36,37,38,39,40,41). The fourth-order valence-corrected chi connectivity index (χ4v) is 3.83. The highest BCUT2D eigenvalue weighted by Crippen LogP contribution is 2.24. The van der Waals surface area contributed by atoms with Crippen LogP contribution in [0.1, 0.15) is 13.8 Å². The van der Waals surface area contributed by atoms with Crippen LogP contribution in [0.15, 0.2) is 97.1 Å². The first-order chi connectivity index (χ1) is 23.7. The summed E-state index contributed by atoms with van der Waals surface area (Å²) in [4.78, 5) is 36.6. The first-order valence-electron chi connectivity index (χ1n) is 15.2. The van der Waals surface area contributed by atoms with E-state index in [9.17, 15) is 9.59 Å². The zero-order valence-electron chi connectivity index (χ0n) is 27.2. The molecule has 0 unspecified atom stereocenters. The monoisotopic (exact) mass is 670 g/mol. The first kappa shape index (κ1) is 35.7. The second-order valence-electron chi connectivity index (χ2n) is 10.4. The van der Waals surface area contributed by atoms with Crippen molar-refractivity contribution in [3.8, 4) is 17.2 Å². The Morgan fingerprint density at radius 2 is 0.857 bits per heavy atom. The summed E-state index contributed by atoms with van der Waals surface area (Å²) in [6.07, 6.45) is 0. The zero-order valence-corrected chi connectivity index (χ0v) is 27.2. The minimum atomic E-state index is -0.464. The Balaban J connectivity index is 1.43. The van der Waals surface area contributed by atoms with E-state index in [-0.39, 0.29) is 57.5 Å². The number of benzene rings is 3. The van der Waals surface area contributed by atoms with Gasteiger partial charge in [0, 0.05) is 28.2 Å². The number of anilines is 6. The van der Waals surface area contributed by atoms with Crippen LogP contribution >= 0.6 is 0 Å². The van der Waals surface area contributed by atoms with Crippen LogP contribution in [0.25, 0.3) is 0 Å². The number of hydrogen-bond acceptors (Lipinski definition) is 14. The molecule has 1 heterocycles. The number of hydrogen-bond donors (Lipinski definition) is 4. The molecule has 0 radical (unpaired) electrons. The van der Waals surface area contributed by atoms with E-state index in [0.29, 0.717) is 45.5 Å². The van der Waals surface area contributed by atoms with Crippen LogP contribution in [0.2, 0.25) is 0 Å². The molecule has 3 aromatic carbocycles. The highest BCUT2D eigenvalue weighted by Gasteiger charge is 2.10. The van der Waals surface area contributed by atoms with Crippen LogP contribution in [0.4, 0.5) is 34.9 Å². The maximum Gasteiger partial charge on any atom is 0.333 e. The summed E-state index contributed by atoms with van der Waals surface area (Å²) in [5.74, 6) is 1.63. The second kappa shape index (κ2) is 18.3. The third kappa shape index (κ3) is 12.2. The molecule has 0 saturated heterocycles. The van der Waals surface area contributed by atoms with Crippen LogP contribution in [0, 0.1) is 0 Å². The van der Waals surface area contributed by atoms with Gasteiger partial charge < -0.3 is 44.7 Å². The van der Waals surface area contributed by atoms with Gasteiger partial charge in [-0.1, -0.05) is 13.2 Å². The lowest BCUT2D eigenvalue weighted by Gasteiger charge is -2.13. The van der Waals surface area contributed by atoms with Gasteiger partial charge in [-0.25, -0.2) is 9.59 Å². The molecule has 0 bridgehead atoms. The maximum absolute atomic E-state index is 11.5. The lowest BCUT2D eigenvalue weighted by molar-refractivity contribution is -0.140. The van der Waals surface area contributed by atoms with Crippen molar-refractivity contribution < 1.29 is 38.4 Å². The third-order valence-corrected chi connectivity index (χ3v) is 6.19. The molecule has 14 heteroatoms. The van der Waals surface area contributed by atoms with Crippen molar-refractivity contribution in [3.63, 3.8) is 0 Å². The Kier molecular flexibility index (Phi) is 13.3. The van der Waals surface area contributed by atoms with Gasteiger partial charge in [0.05, 0.1) is 6.61 Å². The minimum absolute atomic E-state index is 0.0815. The highest BCUT2D eigenvalue weighted by molar-refractivity contribution is 5.87. The first-order valence-corrected chi connectivity index (χ1v) is 15.2. The van der Waals surface area contributed by atoms with Crippen molar-refractivity contribution >= 4 is 46.8 Å². The molecule has 0 saturated carbocycles. The predicted molar refractivity (Wildman–Crippen MR) is 184 cm³/mol. The largest absolute Gasteiger partial charge is 0.491 e. The van der Waals surface area contributed by atoms with E-state index >= 15 is 0 Å². The fourth-order valence-electron chi connectivity index (χ4n) is 3.83. The normalized spacial score (nSPS) is 10.3. The lowest BCUT2D eigenvalue weighted by atomic mass is 10.3. The van der Waals surface area contributed by atoms with E-state index < -0.39 is 11.9 Å². The van der Waals surface area contributed by atoms with E-state index in [4.69, 9.17) is 28.8 Å². The van der Waals surface area contributed by atoms with Gasteiger partial charge in [-0.3, -0.25) is 0 Å². The van der Waals surface area contributed by atoms with Gasteiger partial charge in [0.25, 0.3) is 0 Å². The van der Waals surface area contributed by atoms with Gasteiger partial charge in [0.2, 0.25) is 17.8 Å². The number of ether oxygens (including phenoxy) is 5. The molecule has 0 fully saturated rings. The van der Waals surface area contributed by atoms with Crippen LogP contribution in [0.3, 0.4) is 0 Å². The average Bonchev–Trinajstić information content (AvgIpc) is 3.09. The van der Waals surface area contributed by atoms with Gasteiger partial charge in [-0.05, 0) is 86.6 Å². The molecule has 0 amide bonds. The van der Waals surface area contributed by atoms with Crippen LogP contribution in [-0.4, -0.2) is 71.6 Å². The Hall–Kier alpha value is -6.15. The number of aromatic nitrogens is 3. The van der Waals surface area contributed by atoms with Crippen LogP contribution < -0.4 is 30.2 Å². The smallest absolute Gasteiger partial charge is 0.333 e. The summed E-state index contributed by atoms with van der Waals surface area (Å²) in [5.41, 5.74) is 2.72. The SMILES string of the molecule is C=C(C)C(=O)OCCOc1ccc(Nc2nc(Nc3ccc(OCCO)cc3)nc(Nc3ccc(OCCOC(=O)C(=C)C)cc3)n2)cc1. The summed E-state index contributed by atoms with van der Waals surface area (Å²) >= 11 is 0. The number of aliphatic hydroxyl groups is 1. The van der Waals surface area contributed by atoms with Gasteiger partial charge >= 0.3 is 11.9 Å². The average molecular weight is 671 g/mol. The molecule has 4 rings (SSSR count). The topological polar surface area (TPSA) is 175 Å². The van der Waals surface area contributed by atoms with Gasteiger partial charge in [0.1, 0.15) is 50.3 Å². The Labute approximate surface area is 283 Å². The molecule has 0 atom stereocenters. The summed E-state index contributed by atoms with van der Waals surface area (Å²) < 4.78 is 26.8. The van der Waals surface area contributed by atoms with E-state index in [0.717, 1.165) is 0 Å². The van der Waals surface area contributed by atoms with E-state index in [1.807, 2.05) is 0 Å². The Morgan fingerprint density at radius 3 is 1.14 bits per heavy atom. The summed E-state index contributed by atoms with van der Waals surface area (Å²) in [5, 5.41) is 18.5. The zero-order chi connectivity index (χ0) is 35.0. The molecule has 0 aliphatic heterocycles. The molecule has 0 spiro atoms. The van der Waals surface area contributed by atoms with E-state index in [1.165, 1.54) is 0 Å². The predicted octanol–water partition coefficient (Wildman–Crippen LogP) is 5.47. The maximum atomic E-state index is 11.5. The van der Waals surface area contributed by atoms with Gasteiger partial charge in [0.15, 0.2) is 0 Å². The number of nitrogens with one attached hydrogen (secondary N) is 3. The van der Waals surface area contributed by atoms with E-state index in [2.05, 4.69) is 44.1 Å². The summed E-state index contributed by atoms with van der Waals surface area (Å²) in [6, 6.07) is 21.3. The fraction of sp³-hybridized carbons (Fsp3) is 0.229. The summed E-state index contributed by atoms with van der Waals surface area (Å²) in [7, 11) is 0. The van der Waals surface area contributed by atoms with Gasteiger partial charge in [-0.15, -0.1) is 0 Å². The third-order valence-electron chi connectivity index (χ3n) is 6.19.